The van der Waals surface area contributed by atoms with E-state index < -0.39 is 0 Å². The lowest BCUT2D eigenvalue weighted by molar-refractivity contribution is 0.0254. The summed E-state index contributed by atoms with van der Waals surface area (Å²) in [6.45, 7) is 1.35. The summed E-state index contributed by atoms with van der Waals surface area (Å²) in [5.74, 6) is 6.47. The van der Waals surface area contributed by atoms with Crippen molar-refractivity contribution in [2.45, 2.75) is 18.9 Å². The molecule has 0 aliphatic carbocycles. The molecule has 1 aliphatic heterocycles. The molecular weight excluding hydrogens is 406 g/mol. The first-order valence-electron chi connectivity index (χ1n) is 10.2. The standard InChI is InChI=1S/C23H23N7O2/c24-14-17-12-15(4-5-21(17)32-19-7-10-31-11-8-19)20-6-9-27-23(29-20)28-18-3-1-2-16(13-18)22(25)30-26/h1-6,9,12-13,19H,7-8,10-11,26H2,(H2,25,30)(H,27,28,29). The van der Waals surface area contributed by atoms with E-state index in [-0.39, 0.29) is 11.9 Å². The van der Waals surface area contributed by atoms with Gasteiger partial charge < -0.3 is 26.4 Å². The van der Waals surface area contributed by atoms with Gasteiger partial charge in [0.25, 0.3) is 0 Å². The lowest BCUT2D eigenvalue weighted by Crippen LogP contribution is -2.26. The SMILES string of the molecule is N#Cc1cc(-c2ccnc(Nc3cccc(/C(N)=N/N)c3)n2)ccc1OC1CCOCC1. The molecule has 2 heterocycles. The van der Waals surface area contributed by atoms with Crippen LogP contribution in [0.5, 0.6) is 5.75 Å². The minimum absolute atomic E-state index is 0.0608. The second-order valence-corrected chi connectivity index (χ2v) is 7.24. The fraction of sp³-hybridized carbons (Fsp3) is 0.217. The molecule has 0 unspecified atom stereocenters. The molecule has 5 N–H and O–H groups in total. The van der Waals surface area contributed by atoms with Crippen LogP contribution in [0, 0.1) is 11.3 Å². The number of nitrogens with one attached hydrogen (secondary N) is 1. The number of ether oxygens (including phenoxy) is 2. The van der Waals surface area contributed by atoms with E-state index in [1.807, 2.05) is 30.3 Å². The molecule has 9 heteroatoms. The molecule has 4 rings (SSSR count). The summed E-state index contributed by atoms with van der Waals surface area (Å²) in [5.41, 5.74) is 9.14. The molecule has 162 valence electrons. The third-order valence-electron chi connectivity index (χ3n) is 5.07. The number of nitriles is 1. The maximum atomic E-state index is 9.63. The van der Waals surface area contributed by atoms with Crippen LogP contribution in [0.1, 0.15) is 24.0 Å². The lowest BCUT2D eigenvalue weighted by Gasteiger charge is -2.23. The Morgan fingerprint density at radius 3 is 2.81 bits per heavy atom. The van der Waals surface area contributed by atoms with E-state index in [0.717, 1.165) is 24.1 Å². The van der Waals surface area contributed by atoms with E-state index in [2.05, 4.69) is 26.5 Å². The van der Waals surface area contributed by atoms with Crippen LogP contribution in [-0.4, -0.2) is 35.1 Å². The van der Waals surface area contributed by atoms with Gasteiger partial charge >= 0.3 is 0 Å². The summed E-state index contributed by atoms with van der Waals surface area (Å²) in [4.78, 5) is 8.86. The van der Waals surface area contributed by atoms with Crippen molar-refractivity contribution < 1.29 is 9.47 Å². The van der Waals surface area contributed by atoms with Crippen molar-refractivity contribution in [3.63, 3.8) is 0 Å². The predicted molar refractivity (Wildman–Crippen MR) is 121 cm³/mol. The van der Waals surface area contributed by atoms with Gasteiger partial charge in [0.15, 0.2) is 0 Å². The summed E-state index contributed by atoms with van der Waals surface area (Å²) in [5, 5.41) is 16.3. The molecule has 1 aromatic heterocycles. The van der Waals surface area contributed by atoms with Crippen LogP contribution >= 0.6 is 0 Å². The quantitative estimate of drug-likeness (QED) is 0.235. The van der Waals surface area contributed by atoms with Crippen molar-refractivity contribution in [2.24, 2.45) is 16.7 Å². The van der Waals surface area contributed by atoms with E-state index in [1.54, 1.807) is 24.4 Å². The average molecular weight is 429 g/mol. The first kappa shape index (κ1) is 21.1. The van der Waals surface area contributed by atoms with E-state index >= 15 is 0 Å². The molecule has 0 bridgehead atoms. The van der Waals surface area contributed by atoms with Crippen LogP contribution in [0.25, 0.3) is 11.3 Å². The van der Waals surface area contributed by atoms with Gasteiger partial charge in [-0.3, -0.25) is 0 Å². The summed E-state index contributed by atoms with van der Waals surface area (Å²) in [6.07, 6.45) is 3.35. The molecular formula is C23H23N7O2. The van der Waals surface area contributed by atoms with Crippen LogP contribution in [0.3, 0.4) is 0 Å². The number of amidine groups is 1. The van der Waals surface area contributed by atoms with Crippen molar-refractivity contribution in [2.75, 3.05) is 18.5 Å². The monoisotopic (exact) mass is 429 g/mol. The number of nitrogens with two attached hydrogens (primary N) is 2. The van der Waals surface area contributed by atoms with Gasteiger partial charge in [-0.1, -0.05) is 12.1 Å². The lowest BCUT2D eigenvalue weighted by atomic mass is 10.1. The average Bonchev–Trinajstić information content (AvgIpc) is 2.84. The Kier molecular flexibility index (Phi) is 6.43. The van der Waals surface area contributed by atoms with Crippen molar-refractivity contribution in [3.8, 4) is 23.1 Å². The fourth-order valence-corrected chi connectivity index (χ4v) is 3.39. The molecule has 1 fully saturated rings. The molecule has 3 aromatic rings. The van der Waals surface area contributed by atoms with Gasteiger partial charge in [-0.25, -0.2) is 9.97 Å². The highest BCUT2D eigenvalue weighted by Crippen LogP contribution is 2.28. The number of nitrogens with zero attached hydrogens (tertiary/aromatic N) is 4. The highest BCUT2D eigenvalue weighted by molar-refractivity contribution is 5.98. The number of anilines is 2. The minimum atomic E-state index is 0.0608. The molecule has 0 saturated carbocycles. The van der Waals surface area contributed by atoms with E-state index in [1.165, 1.54) is 0 Å². The van der Waals surface area contributed by atoms with Crippen LogP contribution in [0.15, 0.2) is 59.8 Å². The summed E-state index contributed by atoms with van der Waals surface area (Å²) in [7, 11) is 0. The van der Waals surface area contributed by atoms with Crippen molar-refractivity contribution >= 4 is 17.5 Å². The van der Waals surface area contributed by atoms with Gasteiger partial charge in [-0.2, -0.15) is 10.4 Å². The zero-order valence-electron chi connectivity index (χ0n) is 17.4. The van der Waals surface area contributed by atoms with Crippen LogP contribution in [0.2, 0.25) is 0 Å². The van der Waals surface area contributed by atoms with E-state index in [9.17, 15) is 5.26 Å². The molecule has 2 aromatic carbocycles. The Balaban J connectivity index is 1.54. The summed E-state index contributed by atoms with van der Waals surface area (Å²) in [6, 6.07) is 16.8. The third-order valence-corrected chi connectivity index (χ3v) is 5.07. The smallest absolute Gasteiger partial charge is 0.227 e. The third kappa shape index (κ3) is 4.94. The van der Waals surface area contributed by atoms with Crippen LogP contribution in [-0.2, 0) is 4.74 Å². The Labute approximate surface area is 185 Å². The first-order chi connectivity index (χ1) is 15.7. The number of aromatic nitrogens is 2. The zero-order valence-corrected chi connectivity index (χ0v) is 17.4. The van der Waals surface area contributed by atoms with Crippen molar-refractivity contribution in [1.29, 1.82) is 5.26 Å². The van der Waals surface area contributed by atoms with E-state index in [0.29, 0.717) is 41.7 Å². The topological polar surface area (TPSA) is 144 Å². The number of hydrazone groups is 1. The Bertz CT molecular complexity index is 1170. The largest absolute Gasteiger partial charge is 0.489 e. The number of rotatable bonds is 6. The number of hydrogen-bond acceptors (Lipinski definition) is 8. The molecule has 9 nitrogen and oxygen atoms in total. The minimum Gasteiger partial charge on any atom is -0.489 e. The predicted octanol–water partition coefficient (Wildman–Crippen LogP) is 2.90. The highest BCUT2D eigenvalue weighted by Gasteiger charge is 2.17. The van der Waals surface area contributed by atoms with Crippen molar-refractivity contribution in [3.05, 3.63) is 65.9 Å². The summed E-state index contributed by atoms with van der Waals surface area (Å²) >= 11 is 0. The molecule has 1 aliphatic rings. The molecule has 1 saturated heterocycles. The van der Waals surface area contributed by atoms with Crippen LogP contribution < -0.4 is 21.6 Å². The highest BCUT2D eigenvalue weighted by atomic mass is 16.5. The maximum Gasteiger partial charge on any atom is 0.227 e. The normalized spacial score (nSPS) is 14.5. The molecule has 0 atom stereocenters. The molecule has 0 spiro atoms. The summed E-state index contributed by atoms with van der Waals surface area (Å²) < 4.78 is 11.4. The van der Waals surface area contributed by atoms with E-state index in [4.69, 9.17) is 21.1 Å². The molecule has 0 radical (unpaired) electrons. The molecule has 0 amide bonds. The zero-order chi connectivity index (χ0) is 22.3. The fourth-order valence-electron chi connectivity index (χ4n) is 3.39. The second-order valence-electron chi connectivity index (χ2n) is 7.24. The Hall–Kier alpha value is -4.16. The second kappa shape index (κ2) is 9.76. The van der Waals surface area contributed by atoms with Gasteiger partial charge in [0.2, 0.25) is 5.95 Å². The molecule has 32 heavy (non-hydrogen) atoms. The van der Waals surface area contributed by atoms with Gasteiger partial charge in [-0.15, -0.1) is 0 Å². The number of benzene rings is 2. The Morgan fingerprint density at radius 2 is 2.03 bits per heavy atom. The Morgan fingerprint density at radius 1 is 1.19 bits per heavy atom. The maximum absolute atomic E-state index is 9.63. The first-order valence-corrected chi connectivity index (χ1v) is 10.2. The van der Waals surface area contributed by atoms with Gasteiger partial charge in [0.05, 0.1) is 24.5 Å². The van der Waals surface area contributed by atoms with Crippen molar-refractivity contribution in [1.82, 2.24) is 9.97 Å². The van der Waals surface area contributed by atoms with Crippen LogP contribution in [0.4, 0.5) is 11.6 Å². The van der Waals surface area contributed by atoms with Gasteiger partial charge in [0, 0.05) is 35.9 Å². The van der Waals surface area contributed by atoms with Gasteiger partial charge in [0.1, 0.15) is 23.8 Å². The number of hydrogen-bond donors (Lipinski definition) is 3. The van der Waals surface area contributed by atoms with Gasteiger partial charge in [-0.05, 0) is 36.4 Å².